The summed E-state index contributed by atoms with van der Waals surface area (Å²) in [7, 11) is -3.99. The Morgan fingerprint density at radius 2 is 1.79 bits per heavy atom. The van der Waals surface area contributed by atoms with Crippen LogP contribution in [-0.4, -0.2) is 33.4 Å². The fourth-order valence-corrected chi connectivity index (χ4v) is 3.49. The van der Waals surface area contributed by atoms with Crippen LogP contribution in [0.2, 0.25) is 0 Å². The van der Waals surface area contributed by atoms with E-state index < -0.39 is 34.3 Å². The van der Waals surface area contributed by atoms with Crippen molar-refractivity contribution in [2.75, 3.05) is 17.9 Å². The zero-order valence-electron chi connectivity index (χ0n) is 16.0. The molecule has 2 aromatic carbocycles. The first kappa shape index (κ1) is 22.4. The molecule has 0 aromatic heterocycles. The number of sulfonamides is 1. The molecule has 0 radical (unpaired) electrons. The molecular formula is C20H23FN2O5S. The summed E-state index contributed by atoms with van der Waals surface area (Å²) in [5.74, 6) is -1.73. The van der Waals surface area contributed by atoms with Gasteiger partial charge in [0.05, 0.1) is 10.5 Å². The second-order valence-corrected chi connectivity index (χ2v) is 7.96. The molecule has 0 fully saturated rings. The molecule has 0 bridgehead atoms. The molecule has 156 valence electrons. The number of nitrogens with one attached hydrogen (secondary N) is 2. The van der Waals surface area contributed by atoms with Gasteiger partial charge in [0, 0.05) is 12.2 Å². The van der Waals surface area contributed by atoms with E-state index in [1.807, 2.05) is 6.92 Å². The molecular weight excluding hydrogens is 399 g/mol. The van der Waals surface area contributed by atoms with Crippen LogP contribution in [0.3, 0.4) is 0 Å². The predicted octanol–water partition coefficient (Wildman–Crippen LogP) is 3.09. The van der Waals surface area contributed by atoms with Gasteiger partial charge in [0.2, 0.25) is 0 Å². The Morgan fingerprint density at radius 1 is 1.07 bits per heavy atom. The lowest BCUT2D eigenvalue weighted by Crippen LogP contribution is -2.29. The monoisotopic (exact) mass is 422 g/mol. The van der Waals surface area contributed by atoms with E-state index >= 15 is 0 Å². The number of benzene rings is 2. The molecule has 2 aromatic rings. The van der Waals surface area contributed by atoms with E-state index in [0.29, 0.717) is 6.54 Å². The Balaban J connectivity index is 1.97. The van der Waals surface area contributed by atoms with Crippen LogP contribution >= 0.6 is 0 Å². The molecule has 0 spiro atoms. The molecule has 2 rings (SSSR count). The van der Waals surface area contributed by atoms with E-state index in [2.05, 4.69) is 10.0 Å². The molecule has 7 nitrogen and oxygen atoms in total. The number of esters is 1. The fraction of sp³-hybridized carbons (Fsp3) is 0.300. The van der Waals surface area contributed by atoms with Crippen molar-refractivity contribution >= 4 is 27.6 Å². The zero-order chi connectivity index (χ0) is 21.3. The van der Waals surface area contributed by atoms with Gasteiger partial charge in [-0.1, -0.05) is 25.8 Å². The highest BCUT2D eigenvalue weighted by atomic mass is 32.2. The second-order valence-electron chi connectivity index (χ2n) is 6.27. The van der Waals surface area contributed by atoms with E-state index in [0.717, 1.165) is 37.5 Å². The quantitative estimate of drug-likeness (QED) is 0.453. The fourth-order valence-electron chi connectivity index (χ4n) is 2.39. The third-order valence-corrected chi connectivity index (χ3v) is 5.29. The molecule has 1 amide bonds. The van der Waals surface area contributed by atoms with Crippen molar-refractivity contribution in [2.24, 2.45) is 0 Å². The Morgan fingerprint density at radius 3 is 2.48 bits per heavy atom. The topological polar surface area (TPSA) is 102 Å². The van der Waals surface area contributed by atoms with Gasteiger partial charge in [0.25, 0.3) is 15.9 Å². The first-order valence-corrected chi connectivity index (χ1v) is 10.6. The molecule has 0 aliphatic rings. The van der Waals surface area contributed by atoms with Crippen molar-refractivity contribution in [3.05, 3.63) is 59.9 Å². The first-order valence-electron chi connectivity index (χ1n) is 9.14. The Hall–Kier alpha value is -2.94. The molecule has 2 N–H and O–H groups in total. The number of hydrogen-bond donors (Lipinski definition) is 2. The van der Waals surface area contributed by atoms with Crippen LogP contribution in [0.1, 0.15) is 36.5 Å². The molecule has 0 aliphatic carbocycles. The normalized spacial score (nSPS) is 11.0. The van der Waals surface area contributed by atoms with Crippen molar-refractivity contribution in [1.82, 2.24) is 5.32 Å². The van der Waals surface area contributed by atoms with Crippen LogP contribution in [0.4, 0.5) is 10.1 Å². The van der Waals surface area contributed by atoms with Crippen molar-refractivity contribution in [1.29, 1.82) is 0 Å². The summed E-state index contributed by atoms with van der Waals surface area (Å²) in [6.45, 7) is 2.11. The van der Waals surface area contributed by atoms with Gasteiger partial charge in [-0.05, 0) is 48.9 Å². The Bertz CT molecular complexity index is 946. The van der Waals surface area contributed by atoms with Gasteiger partial charge in [-0.2, -0.15) is 0 Å². The third kappa shape index (κ3) is 7.19. The maximum atomic E-state index is 13.0. The van der Waals surface area contributed by atoms with Crippen molar-refractivity contribution in [2.45, 2.75) is 31.1 Å². The van der Waals surface area contributed by atoms with Crippen LogP contribution in [0, 0.1) is 5.82 Å². The first-order chi connectivity index (χ1) is 13.8. The summed E-state index contributed by atoms with van der Waals surface area (Å²) < 4.78 is 45.2. The lowest BCUT2D eigenvalue weighted by molar-refractivity contribution is -0.124. The molecule has 0 unspecified atom stereocenters. The zero-order valence-corrected chi connectivity index (χ0v) is 16.8. The number of hydrogen-bond acceptors (Lipinski definition) is 5. The number of amides is 1. The average Bonchev–Trinajstić information content (AvgIpc) is 2.71. The van der Waals surface area contributed by atoms with Gasteiger partial charge in [-0.25, -0.2) is 17.6 Å². The highest BCUT2D eigenvalue weighted by Crippen LogP contribution is 2.18. The minimum absolute atomic E-state index is 0.00855. The Labute approximate surface area is 169 Å². The summed E-state index contributed by atoms with van der Waals surface area (Å²) >= 11 is 0. The average molecular weight is 422 g/mol. The lowest BCUT2D eigenvalue weighted by Gasteiger charge is -2.10. The molecule has 29 heavy (non-hydrogen) atoms. The van der Waals surface area contributed by atoms with E-state index in [1.54, 1.807) is 0 Å². The highest BCUT2D eigenvalue weighted by Gasteiger charge is 2.18. The largest absolute Gasteiger partial charge is 0.452 e. The maximum absolute atomic E-state index is 13.0. The lowest BCUT2D eigenvalue weighted by atomic mass is 10.2. The van der Waals surface area contributed by atoms with E-state index in [1.165, 1.54) is 30.3 Å². The van der Waals surface area contributed by atoms with Crippen LogP contribution in [-0.2, 0) is 19.6 Å². The smallest absolute Gasteiger partial charge is 0.338 e. The van der Waals surface area contributed by atoms with Gasteiger partial charge in [0.15, 0.2) is 6.61 Å². The minimum atomic E-state index is -3.99. The van der Waals surface area contributed by atoms with Crippen LogP contribution in [0.5, 0.6) is 0 Å². The summed E-state index contributed by atoms with van der Waals surface area (Å²) in [4.78, 5) is 23.6. The van der Waals surface area contributed by atoms with Crippen LogP contribution in [0.25, 0.3) is 0 Å². The standard InChI is InChI=1S/C20H23FN2O5S/c1-2-3-4-12-22-19(24)14-28-20(25)15-6-5-7-18(13-15)29(26,27)23-17-10-8-16(21)9-11-17/h5-11,13,23H,2-4,12,14H2,1H3,(H,22,24). The number of rotatable bonds is 10. The molecule has 0 heterocycles. The van der Waals surface area contributed by atoms with Gasteiger partial charge in [-0.15, -0.1) is 0 Å². The Kier molecular flexibility index (Phi) is 8.14. The van der Waals surface area contributed by atoms with Gasteiger partial charge in [-0.3, -0.25) is 9.52 Å². The summed E-state index contributed by atoms with van der Waals surface area (Å²) in [6, 6.07) is 10.0. The predicted molar refractivity (Wildman–Crippen MR) is 106 cm³/mol. The molecule has 0 saturated heterocycles. The molecule has 0 aliphatic heterocycles. The molecule has 0 atom stereocenters. The van der Waals surface area contributed by atoms with Crippen LogP contribution in [0.15, 0.2) is 53.4 Å². The van der Waals surface area contributed by atoms with Crippen molar-refractivity contribution in [3.63, 3.8) is 0 Å². The number of carbonyl (C=O) groups excluding carboxylic acids is 2. The van der Waals surface area contributed by atoms with Crippen LogP contribution < -0.4 is 10.0 Å². The van der Waals surface area contributed by atoms with Gasteiger partial charge < -0.3 is 10.1 Å². The molecule has 0 saturated carbocycles. The van der Waals surface area contributed by atoms with Crippen molar-refractivity contribution in [3.8, 4) is 0 Å². The van der Waals surface area contributed by atoms with Gasteiger partial charge in [0.1, 0.15) is 5.82 Å². The van der Waals surface area contributed by atoms with Gasteiger partial charge >= 0.3 is 5.97 Å². The number of halogens is 1. The second kappa shape index (κ2) is 10.6. The summed E-state index contributed by atoms with van der Waals surface area (Å²) in [6.07, 6.45) is 2.87. The van der Waals surface area contributed by atoms with Crippen molar-refractivity contribution < 1.29 is 27.1 Å². The van der Waals surface area contributed by atoms with E-state index in [-0.39, 0.29) is 16.1 Å². The third-order valence-electron chi connectivity index (χ3n) is 3.91. The number of unbranched alkanes of at least 4 members (excludes halogenated alkanes) is 2. The minimum Gasteiger partial charge on any atom is -0.452 e. The number of anilines is 1. The van der Waals surface area contributed by atoms with E-state index in [4.69, 9.17) is 4.74 Å². The summed E-state index contributed by atoms with van der Waals surface area (Å²) in [5, 5.41) is 2.64. The molecule has 9 heteroatoms. The summed E-state index contributed by atoms with van der Waals surface area (Å²) in [5.41, 5.74) is 0.171. The number of carbonyl (C=O) groups is 2. The SMILES string of the molecule is CCCCCNC(=O)COC(=O)c1cccc(S(=O)(=O)Nc2ccc(F)cc2)c1. The number of ether oxygens (including phenoxy) is 1. The highest BCUT2D eigenvalue weighted by molar-refractivity contribution is 7.92. The van der Waals surface area contributed by atoms with E-state index in [9.17, 15) is 22.4 Å². The maximum Gasteiger partial charge on any atom is 0.338 e.